The van der Waals surface area contributed by atoms with Crippen molar-refractivity contribution in [2.75, 3.05) is 4.72 Å². The van der Waals surface area contributed by atoms with Crippen molar-refractivity contribution in [3.05, 3.63) is 34.3 Å². The predicted octanol–water partition coefficient (Wildman–Crippen LogP) is 2.55. The molecule has 8 heteroatoms. The van der Waals surface area contributed by atoms with Gasteiger partial charge in [0.25, 0.3) is 10.0 Å². The van der Waals surface area contributed by atoms with E-state index in [-0.39, 0.29) is 10.0 Å². The van der Waals surface area contributed by atoms with Crippen molar-refractivity contribution in [2.24, 2.45) is 0 Å². The Morgan fingerprint density at radius 2 is 1.94 bits per heavy atom. The summed E-state index contributed by atoms with van der Waals surface area (Å²) in [6.45, 7) is 1.93. The zero-order valence-corrected chi connectivity index (χ0v) is 11.8. The third-order valence-corrected chi connectivity index (χ3v) is 4.83. The van der Waals surface area contributed by atoms with Crippen LogP contribution in [0.25, 0.3) is 0 Å². The number of nitrogens with one attached hydrogen (secondary N) is 1. The van der Waals surface area contributed by atoms with Crippen LogP contribution in [0.4, 0.5) is 5.13 Å². The average molecular weight is 304 g/mol. The minimum atomic E-state index is -3.63. The minimum Gasteiger partial charge on any atom is -0.253 e. The van der Waals surface area contributed by atoms with E-state index in [1.54, 1.807) is 0 Å². The van der Waals surface area contributed by atoms with Crippen LogP contribution in [0.1, 0.15) is 11.9 Å². The summed E-state index contributed by atoms with van der Waals surface area (Å²) in [7, 11) is -3.63. The van der Waals surface area contributed by atoms with Crippen LogP contribution in [0.3, 0.4) is 0 Å². The molecule has 0 aliphatic heterocycles. The first-order valence-electron chi connectivity index (χ1n) is 5.12. The minimum absolute atomic E-state index is 0.139. The number of rotatable bonds is 4. The van der Waals surface area contributed by atoms with Gasteiger partial charge in [0.05, 0.1) is 4.90 Å². The molecule has 1 heterocycles. The molecule has 18 heavy (non-hydrogen) atoms. The predicted molar refractivity (Wildman–Crippen MR) is 71.5 cm³/mol. The van der Waals surface area contributed by atoms with Crippen molar-refractivity contribution in [3.8, 4) is 0 Å². The van der Waals surface area contributed by atoms with Gasteiger partial charge in [0, 0.05) is 5.02 Å². The normalized spacial score (nSPS) is 11.4. The van der Waals surface area contributed by atoms with Crippen molar-refractivity contribution in [3.63, 3.8) is 0 Å². The second-order valence-electron chi connectivity index (χ2n) is 3.41. The molecular weight excluding hydrogens is 294 g/mol. The van der Waals surface area contributed by atoms with Gasteiger partial charge >= 0.3 is 0 Å². The molecule has 0 fully saturated rings. The zero-order chi connectivity index (χ0) is 13.2. The van der Waals surface area contributed by atoms with Gasteiger partial charge in [-0.2, -0.15) is 0 Å². The lowest BCUT2D eigenvalue weighted by atomic mass is 10.4. The van der Waals surface area contributed by atoms with Gasteiger partial charge in [0.2, 0.25) is 5.13 Å². The summed E-state index contributed by atoms with van der Waals surface area (Å²) < 4.78 is 26.4. The van der Waals surface area contributed by atoms with Crippen LogP contribution in [-0.2, 0) is 16.4 Å². The highest BCUT2D eigenvalue weighted by Gasteiger charge is 2.16. The van der Waals surface area contributed by atoms with Crippen molar-refractivity contribution < 1.29 is 8.42 Å². The van der Waals surface area contributed by atoms with Crippen molar-refractivity contribution in [1.29, 1.82) is 0 Å². The molecule has 0 radical (unpaired) electrons. The van der Waals surface area contributed by atoms with Crippen LogP contribution >= 0.6 is 22.9 Å². The van der Waals surface area contributed by atoms with Crippen LogP contribution in [0.2, 0.25) is 5.02 Å². The van der Waals surface area contributed by atoms with Gasteiger partial charge in [-0.15, -0.1) is 10.2 Å². The van der Waals surface area contributed by atoms with E-state index in [9.17, 15) is 8.42 Å². The SMILES string of the molecule is CCc1nnc(NS(=O)(=O)c2ccc(Cl)cc2)s1. The first kappa shape index (κ1) is 13.3. The fourth-order valence-corrected chi connectivity index (χ4v) is 3.26. The Kier molecular flexibility index (Phi) is 3.84. The number of hydrogen-bond acceptors (Lipinski definition) is 5. The Labute approximate surface area is 114 Å². The van der Waals surface area contributed by atoms with E-state index in [2.05, 4.69) is 14.9 Å². The molecule has 2 rings (SSSR count). The van der Waals surface area contributed by atoms with Gasteiger partial charge in [-0.05, 0) is 30.7 Å². The standard InChI is InChI=1S/C10H10ClN3O2S2/c1-2-9-12-13-10(17-9)14-18(15,16)8-5-3-7(11)4-6-8/h3-6H,2H2,1H3,(H,13,14). The molecule has 1 aromatic carbocycles. The molecule has 0 unspecified atom stereocenters. The topological polar surface area (TPSA) is 72.0 Å². The van der Waals surface area contributed by atoms with Crippen LogP contribution < -0.4 is 4.72 Å². The van der Waals surface area contributed by atoms with Gasteiger partial charge in [0.1, 0.15) is 5.01 Å². The lowest BCUT2D eigenvalue weighted by Gasteiger charge is -2.04. The van der Waals surface area contributed by atoms with Crippen LogP contribution in [-0.4, -0.2) is 18.6 Å². The Bertz CT molecular complexity index is 637. The molecule has 5 nitrogen and oxygen atoms in total. The summed E-state index contributed by atoms with van der Waals surface area (Å²) in [5.74, 6) is 0. The number of halogens is 1. The molecule has 0 saturated carbocycles. The van der Waals surface area contributed by atoms with E-state index < -0.39 is 10.0 Å². The Hall–Kier alpha value is -1.18. The summed E-state index contributed by atoms with van der Waals surface area (Å²) in [5.41, 5.74) is 0. The highest BCUT2D eigenvalue weighted by molar-refractivity contribution is 7.93. The van der Waals surface area contributed by atoms with E-state index in [1.165, 1.54) is 35.6 Å². The summed E-state index contributed by atoms with van der Waals surface area (Å²) in [4.78, 5) is 0.139. The third kappa shape index (κ3) is 2.98. The molecule has 1 aromatic heterocycles. The van der Waals surface area contributed by atoms with Gasteiger partial charge in [-0.25, -0.2) is 8.42 Å². The second-order valence-corrected chi connectivity index (χ2v) is 6.59. The molecule has 0 spiro atoms. The van der Waals surface area contributed by atoms with E-state index in [0.29, 0.717) is 5.02 Å². The van der Waals surface area contributed by atoms with E-state index in [0.717, 1.165) is 11.4 Å². The number of sulfonamides is 1. The monoisotopic (exact) mass is 303 g/mol. The summed E-state index contributed by atoms with van der Waals surface area (Å²) in [6.07, 6.45) is 0.723. The maximum absolute atomic E-state index is 12.0. The van der Waals surface area contributed by atoms with Crippen molar-refractivity contribution >= 4 is 38.1 Å². The van der Waals surface area contributed by atoms with E-state index in [4.69, 9.17) is 11.6 Å². The molecule has 0 atom stereocenters. The van der Waals surface area contributed by atoms with Crippen LogP contribution in [0.15, 0.2) is 29.2 Å². The van der Waals surface area contributed by atoms with Crippen molar-refractivity contribution in [2.45, 2.75) is 18.2 Å². The largest absolute Gasteiger partial charge is 0.263 e. The van der Waals surface area contributed by atoms with E-state index >= 15 is 0 Å². The van der Waals surface area contributed by atoms with Gasteiger partial charge < -0.3 is 0 Å². The molecule has 0 aliphatic carbocycles. The number of nitrogens with zero attached hydrogens (tertiary/aromatic N) is 2. The second kappa shape index (κ2) is 5.21. The lowest BCUT2D eigenvalue weighted by Crippen LogP contribution is -2.12. The zero-order valence-electron chi connectivity index (χ0n) is 9.42. The number of aryl methyl sites for hydroxylation is 1. The fraction of sp³-hybridized carbons (Fsp3) is 0.200. The van der Waals surface area contributed by atoms with Gasteiger partial charge in [-0.3, -0.25) is 4.72 Å². The third-order valence-electron chi connectivity index (χ3n) is 2.11. The highest BCUT2D eigenvalue weighted by Crippen LogP contribution is 2.21. The van der Waals surface area contributed by atoms with Gasteiger partial charge in [0.15, 0.2) is 0 Å². The molecule has 0 amide bonds. The fourth-order valence-electron chi connectivity index (χ4n) is 1.23. The average Bonchev–Trinajstić information content (AvgIpc) is 2.76. The Morgan fingerprint density at radius 3 is 2.50 bits per heavy atom. The smallest absolute Gasteiger partial charge is 0.253 e. The number of aromatic nitrogens is 2. The number of anilines is 1. The molecule has 0 bridgehead atoms. The van der Waals surface area contributed by atoms with Crippen LogP contribution in [0, 0.1) is 0 Å². The quantitative estimate of drug-likeness (QED) is 0.942. The van der Waals surface area contributed by atoms with Crippen molar-refractivity contribution in [1.82, 2.24) is 10.2 Å². The van der Waals surface area contributed by atoms with E-state index in [1.807, 2.05) is 6.92 Å². The lowest BCUT2D eigenvalue weighted by molar-refractivity contribution is 0.601. The maximum atomic E-state index is 12.0. The molecule has 1 N–H and O–H groups in total. The van der Waals surface area contributed by atoms with Crippen LogP contribution in [0.5, 0.6) is 0 Å². The summed E-state index contributed by atoms with van der Waals surface area (Å²) >= 11 is 6.93. The first-order valence-corrected chi connectivity index (χ1v) is 7.80. The number of hydrogen-bond donors (Lipinski definition) is 1. The summed E-state index contributed by atoms with van der Waals surface area (Å²) in [6, 6.07) is 5.92. The Balaban J connectivity index is 2.24. The molecule has 96 valence electrons. The molecule has 0 aliphatic rings. The van der Waals surface area contributed by atoms with Gasteiger partial charge in [-0.1, -0.05) is 29.9 Å². The Morgan fingerprint density at radius 1 is 1.28 bits per heavy atom. The number of benzene rings is 1. The maximum Gasteiger partial charge on any atom is 0.263 e. The highest BCUT2D eigenvalue weighted by atomic mass is 35.5. The molecular formula is C10H10ClN3O2S2. The molecule has 2 aromatic rings. The molecule has 0 saturated heterocycles. The summed E-state index contributed by atoms with van der Waals surface area (Å²) in [5, 5.41) is 9.15. The first-order chi connectivity index (χ1) is 8.51.